The van der Waals surface area contributed by atoms with Crippen LogP contribution in [-0.4, -0.2) is 76.4 Å². The van der Waals surface area contributed by atoms with E-state index in [1.807, 2.05) is 0 Å². The monoisotopic (exact) mass is 428 g/mol. The number of rotatable bonds is 12. The van der Waals surface area contributed by atoms with Gasteiger partial charge in [-0.3, -0.25) is 14.4 Å². The maximum Gasteiger partial charge on any atom is 0.306 e. The maximum atomic E-state index is 11.6. The molecule has 1 aliphatic rings. The maximum absolute atomic E-state index is 11.6. The van der Waals surface area contributed by atoms with Gasteiger partial charge in [0.25, 0.3) is 0 Å². The van der Waals surface area contributed by atoms with Crippen molar-refractivity contribution in [1.82, 2.24) is 10.2 Å². The highest BCUT2D eigenvalue weighted by molar-refractivity contribution is 5.70. The van der Waals surface area contributed by atoms with Gasteiger partial charge < -0.3 is 24.4 Å². The molecule has 0 radical (unpaired) electrons. The van der Waals surface area contributed by atoms with Gasteiger partial charge in [0.2, 0.25) is 0 Å². The molecule has 0 aliphatic heterocycles. The van der Waals surface area contributed by atoms with E-state index >= 15 is 0 Å². The number of carbonyl (C=O) groups is 3. The topological polar surface area (TPSA) is 94.2 Å². The van der Waals surface area contributed by atoms with Crippen LogP contribution in [0, 0.1) is 10.8 Å². The van der Waals surface area contributed by atoms with Crippen molar-refractivity contribution < 1.29 is 28.6 Å². The molecular weight excluding hydrogens is 388 g/mol. The van der Waals surface area contributed by atoms with Crippen LogP contribution in [0.2, 0.25) is 0 Å². The molecule has 2 unspecified atom stereocenters. The van der Waals surface area contributed by atoms with E-state index in [-0.39, 0.29) is 41.6 Å². The molecule has 1 fully saturated rings. The van der Waals surface area contributed by atoms with Crippen molar-refractivity contribution in [2.75, 3.05) is 47.5 Å². The Labute approximate surface area is 181 Å². The molecule has 8 heteroatoms. The van der Waals surface area contributed by atoms with Gasteiger partial charge in [-0.2, -0.15) is 0 Å². The fraction of sp³-hybridized carbons (Fsp3) is 0.864. The van der Waals surface area contributed by atoms with Crippen LogP contribution in [0.15, 0.2) is 0 Å². The Hall–Kier alpha value is -1.67. The minimum atomic E-state index is -0.255. The van der Waals surface area contributed by atoms with Crippen LogP contribution in [-0.2, 0) is 28.6 Å². The van der Waals surface area contributed by atoms with Crippen molar-refractivity contribution in [3.05, 3.63) is 0 Å². The van der Waals surface area contributed by atoms with Crippen molar-refractivity contribution >= 4 is 17.9 Å². The SMILES string of the molecule is COC(=O)CCNC1CC(C)(C)CC(C)(CN(CCC(=O)OC)CCC(=O)OC)C1. The van der Waals surface area contributed by atoms with Gasteiger partial charge in [-0.15, -0.1) is 0 Å². The van der Waals surface area contributed by atoms with E-state index in [4.69, 9.17) is 14.2 Å². The lowest BCUT2D eigenvalue weighted by molar-refractivity contribution is -0.142. The number of carbonyl (C=O) groups excluding carboxylic acids is 3. The standard InChI is InChI=1S/C22H40N2O6/c1-21(2)13-17(23-10-7-18(25)28-4)14-22(3,15-21)16-24(11-8-19(26)29-5)12-9-20(27)30-6/h17,23H,7-16H2,1-6H3. The van der Waals surface area contributed by atoms with Crippen molar-refractivity contribution in [1.29, 1.82) is 0 Å². The molecule has 0 aromatic carbocycles. The van der Waals surface area contributed by atoms with Gasteiger partial charge in [-0.25, -0.2) is 0 Å². The van der Waals surface area contributed by atoms with Crippen LogP contribution in [0.4, 0.5) is 0 Å². The number of nitrogens with one attached hydrogen (secondary N) is 1. The van der Waals surface area contributed by atoms with E-state index in [0.29, 0.717) is 32.1 Å². The molecule has 0 aromatic rings. The summed E-state index contributed by atoms with van der Waals surface area (Å²) in [6.45, 7) is 9.27. The van der Waals surface area contributed by atoms with Gasteiger partial charge in [0, 0.05) is 32.2 Å². The molecule has 0 heterocycles. The summed E-state index contributed by atoms with van der Waals surface area (Å²) in [7, 11) is 4.17. The van der Waals surface area contributed by atoms with Gasteiger partial charge >= 0.3 is 17.9 Å². The molecule has 174 valence electrons. The van der Waals surface area contributed by atoms with E-state index in [1.54, 1.807) is 0 Å². The lowest BCUT2D eigenvalue weighted by Gasteiger charge is -2.48. The van der Waals surface area contributed by atoms with Crippen LogP contribution in [0.3, 0.4) is 0 Å². The Morgan fingerprint density at radius 1 is 0.867 bits per heavy atom. The molecule has 0 bridgehead atoms. The van der Waals surface area contributed by atoms with Crippen molar-refractivity contribution in [2.24, 2.45) is 10.8 Å². The predicted octanol–water partition coefficient (Wildman–Crippen LogP) is 2.15. The Bertz CT molecular complexity index is 560. The highest BCUT2D eigenvalue weighted by Crippen LogP contribution is 2.46. The first kappa shape index (κ1) is 26.4. The second-order valence-corrected chi connectivity index (χ2v) is 9.47. The van der Waals surface area contributed by atoms with E-state index in [9.17, 15) is 14.4 Å². The summed E-state index contributed by atoms with van der Waals surface area (Å²) in [5, 5.41) is 3.52. The molecule has 0 saturated heterocycles. The molecule has 30 heavy (non-hydrogen) atoms. The fourth-order valence-electron chi connectivity index (χ4n) is 4.89. The molecule has 8 nitrogen and oxygen atoms in total. The third-order valence-electron chi connectivity index (χ3n) is 5.76. The Morgan fingerprint density at radius 3 is 1.87 bits per heavy atom. The van der Waals surface area contributed by atoms with E-state index in [0.717, 1.165) is 25.8 Å². The summed E-state index contributed by atoms with van der Waals surface area (Å²) in [4.78, 5) is 36.9. The third-order valence-corrected chi connectivity index (χ3v) is 5.76. The summed E-state index contributed by atoms with van der Waals surface area (Å²) < 4.78 is 14.3. The lowest BCUT2D eigenvalue weighted by atomic mass is 9.62. The largest absolute Gasteiger partial charge is 0.469 e. The second-order valence-electron chi connectivity index (χ2n) is 9.47. The smallest absolute Gasteiger partial charge is 0.306 e. The zero-order valence-electron chi connectivity index (χ0n) is 19.5. The van der Waals surface area contributed by atoms with Gasteiger partial charge in [-0.1, -0.05) is 20.8 Å². The second kappa shape index (κ2) is 12.2. The minimum absolute atomic E-state index is 0.0108. The molecule has 1 aliphatic carbocycles. The lowest BCUT2D eigenvalue weighted by Crippen LogP contribution is -2.50. The number of methoxy groups -OCH3 is 3. The summed E-state index contributed by atoms with van der Waals surface area (Å²) in [6.07, 6.45) is 3.98. The van der Waals surface area contributed by atoms with Crippen LogP contribution in [0.1, 0.15) is 59.3 Å². The van der Waals surface area contributed by atoms with Crippen LogP contribution >= 0.6 is 0 Å². The average molecular weight is 429 g/mol. The number of nitrogens with zero attached hydrogens (tertiary/aromatic N) is 1. The fourth-order valence-corrected chi connectivity index (χ4v) is 4.89. The molecule has 2 atom stereocenters. The average Bonchev–Trinajstić information content (AvgIpc) is 2.67. The van der Waals surface area contributed by atoms with Gasteiger partial charge in [0.05, 0.1) is 40.6 Å². The Morgan fingerprint density at radius 2 is 1.37 bits per heavy atom. The van der Waals surface area contributed by atoms with Crippen LogP contribution in [0.25, 0.3) is 0 Å². The minimum Gasteiger partial charge on any atom is -0.469 e. The first-order valence-corrected chi connectivity index (χ1v) is 10.7. The third kappa shape index (κ3) is 9.89. The van der Waals surface area contributed by atoms with Crippen LogP contribution < -0.4 is 5.32 Å². The molecule has 0 aromatic heterocycles. The summed E-state index contributed by atoms with van der Waals surface area (Å²) in [6, 6.07) is 0.298. The number of esters is 3. The van der Waals surface area contributed by atoms with E-state index in [1.165, 1.54) is 21.3 Å². The Balaban J connectivity index is 2.79. The number of hydrogen-bond acceptors (Lipinski definition) is 8. The van der Waals surface area contributed by atoms with Crippen molar-refractivity contribution in [3.8, 4) is 0 Å². The zero-order chi connectivity index (χ0) is 22.8. The first-order chi connectivity index (χ1) is 14.0. The molecule has 1 saturated carbocycles. The molecule has 0 amide bonds. The van der Waals surface area contributed by atoms with Gasteiger partial charge in [0.15, 0.2) is 0 Å². The number of hydrogen-bond donors (Lipinski definition) is 1. The van der Waals surface area contributed by atoms with Gasteiger partial charge in [0.1, 0.15) is 0 Å². The molecule has 0 spiro atoms. The molecular formula is C22H40N2O6. The summed E-state index contributed by atoms with van der Waals surface area (Å²) in [5.41, 5.74) is 0.156. The zero-order valence-corrected chi connectivity index (χ0v) is 19.5. The first-order valence-electron chi connectivity index (χ1n) is 10.7. The van der Waals surface area contributed by atoms with Crippen molar-refractivity contribution in [3.63, 3.8) is 0 Å². The van der Waals surface area contributed by atoms with E-state index in [2.05, 4.69) is 31.0 Å². The van der Waals surface area contributed by atoms with Gasteiger partial charge in [-0.05, 0) is 30.1 Å². The summed E-state index contributed by atoms with van der Waals surface area (Å²) >= 11 is 0. The molecule has 1 N–H and O–H groups in total. The Kier molecular flexibility index (Phi) is 10.8. The summed E-state index contributed by atoms with van der Waals surface area (Å²) in [5.74, 6) is -0.721. The normalized spacial score (nSPS) is 23.1. The molecule has 1 rings (SSSR count). The van der Waals surface area contributed by atoms with Crippen LogP contribution in [0.5, 0.6) is 0 Å². The quantitative estimate of drug-likeness (QED) is 0.373. The van der Waals surface area contributed by atoms with Crippen molar-refractivity contribution in [2.45, 2.75) is 65.3 Å². The van der Waals surface area contributed by atoms with E-state index < -0.39 is 0 Å². The number of ether oxygens (including phenoxy) is 3. The predicted molar refractivity (Wildman–Crippen MR) is 114 cm³/mol. The highest BCUT2D eigenvalue weighted by atomic mass is 16.5. The highest BCUT2D eigenvalue weighted by Gasteiger charge is 2.42.